The summed E-state index contributed by atoms with van der Waals surface area (Å²) in [5, 5.41) is 5.43. The van der Waals surface area contributed by atoms with Crippen LogP contribution in [0.5, 0.6) is 0 Å². The molecule has 10 nitrogen and oxygen atoms in total. The van der Waals surface area contributed by atoms with Gasteiger partial charge >= 0.3 is 24.1 Å². The van der Waals surface area contributed by atoms with Gasteiger partial charge in [0.1, 0.15) is 26.4 Å². The van der Waals surface area contributed by atoms with E-state index >= 15 is 0 Å². The zero-order valence-corrected chi connectivity index (χ0v) is 18.0. The van der Waals surface area contributed by atoms with E-state index in [0.717, 1.165) is 31.8 Å². The number of carbonyl (C=O) groups is 4. The van der Waals surface area contributed by atoms with E-state index in [1.807, 2.05) is 0 Å². The molecule has 0 aliphatic heterocycles. The van der Waals surface area contributed by atoms with E-state index in [0.29, 0.717) is 13.1 Å². The third kappa shape index (κ3) is 11.7. The number of esters is 2. The predicted molar refractivity (Wildman–Crippen MR) is 111 cm³/mol. The van der Waals surface area contributed by atoms with E-state index in [9.17, 15) is 19.2 Å². The fourth-order valence-corrected chi connectivity index (χ4v) is 3.08. The predicted octanol–water partition coefficient (Wildman–Crippen LogP) is 2.09. The molecule has 0 spiro atoms. The van der Waals surface area contributed by atoms with Gasteiger partial charge in [0.2, 0.25) is 0 Å². The summed E-state index contributed by atoms with van der Waals surface area (Å²) in [6.45, 7) is 8.93. The number of hydrogen-bond acceptors (Lipinski definition) is 8. The van der Waals surface area contributed by atoms with Crippen LogP contribution in [0.3, 0.4) is 0 Å². The molecule has 0 bridgehead atoms. The normalized spacial score (nSPS) is 17.6. The van der Waals surface area contributed by atoms with Crippen molar-refractivity contribution in [3.05, 3.63) is 24.8 Å². The van der Waals surface area contributed by atoms with Gasteiger partial charge in [-0.25, -0.2) is 19.2 Å². The monoisotopic (exact) mass is 440 g/mol. The zero-order valence-electron chi connectivity index (χ0n) is 18.0. The first-order valence-electron chi connectivity index (χ1n) is 10.3. The van der Waals surface area contributed by atoms with Gasteiger partial charge in [0.15, 0.2) is 0 Å². The molecule has 0 aromatic rings. The highest BCUT2D eigenvalue weighted by molar-refractivity contribution is 5.86. The Balaban J connectivity index is 2.24. The van der Waals surface area contributed by atoms with Crippen LogP contribution in [0.1, 0.15) is 32.6 Å². The first-order valence-corrected chi connectivity index (χ1v) is 10.3. The van der Waals surface area contributed by atoms with Gasteiger partial charge in [-0.15, -0.1) is 0 Å². The molecule has 31 heavy (non-hydrogen) atoms. The summed E-state index contributed by atoms with van der Waals surface area (Å²) < 4.78 is 19.5. The molecule has 0 radical (unpaired) electrons. The van der Waals surface area contributed by atoms with Crippen LogP contribution >= 0.6 is 0 Å². The minimum absolute atomic E-state index is 0.0377. The van der Waals surface area contributed by atoms with Gasteiger partial charge < -0.3 is 29.6 Å². The van der Waals surface area contributed by atoms with Gasteiger partial charge in [0.05, 0.1) is 0 Å². The minimum Gasteiger partial charge on any atom is -0.459 e. The average Bonchev–Trinajstić information content (AvgIpc) is 2.76. The van der Waals surface area contributed by atoms with E-state index < -0.39 is 24.1 Å². The quantitative estimate of drug-likeness (QED) is 0.204. The summed E-state index contributed by atoms with van der Waals surface area (Å²) in [5.74, 6) is -0.723. The Morgan fingerprint density at radius 2 is 1.29 bits per heavy atom. The molecule has 2 amide bonds. The van der Waals surface area contributed by atoms with E-state index in [1.54, 1.807) is 0 Å². The molecule has 0 aromatic carbocycles. The van der Waals surface area contributed by atoms with Crippen molar-refractivity contribution in [1.29, 1.82) is 0 Å². The van der Waals surface area contributed by atoms with Crippen molar-refractivity contribution in [2.75, 3.05) is 39.5 Å². The molecule has 0 aromatic heterocycles. The molecule has 1 rings (SSSR count). The van der Waals surface area contributed by atoms with Gasteiger partial charge in [-0.1, -0.05) is 26.0 Å². The highest BCUT2D eigenvalue weighted by Crippen LogP contribution is 2.29. The average molecular weight is 440 g/mol. The van der Waals surface area contributed by atoms with Crippen molar-refractivity contribution in [3.8, 4) is 0 Å². The molecule has 1 saturated carbocycles. The topological polar surface area (TPSA) is 129 Å². The van der Waals surface area contributed by atoms with E-state index in [4.69, 9.17) is 18.9 Å². The molecular formula is C21H32N2O8. The number of rotatable bonds is 12. The van der Waals surface area contributed by atoms with Crippen LogP contribution < -0.4 is 10.6 Å². The number of hydrogen-bond donors (Lipinski definition) is 2. The van der Waals surface area contributed by atoms with E-state index in [2.05, 4.69) is 23.8 Å². The Hall–Kier alpha value is -3.04. The third-order valence-electron chi connectivity index (χ3n) is 4.71. The van der Waals surface area contributed by atoms with Crippen molar-refractivity contribution in [1.82, 2.24) is 10.6 Å². The fraction of sp³-hybridized carbons (Fsp3) is 0.619. The molecule has 0 saturated heterocycles. The summed E-state index contributed by atoms with van der Waals surface area (Å²) in [5.41, 5.74) is 0.279. The van der Waals surface area contributed by atoms with E-state index in [-0.39, 0.29) is 43.8 Å². The lowest BCUT2D eigenvalue weighted by Crippen LogP contribution is -2.40. The molecule has 10 heteroatoms. The molecule has 2 unspecified atom stereocenters. The Bertz CT molecular complexity index is 649. The lowest BCUT2D eigenvalue weighted by atomic mass is 9.79. The number of carbonyl (C=O) groups excluding carboxylic acids is 4. The Morgan fingerprint density at radius 1 is 0.839 bits per heavy atom. The molecule has 2 atom stereocenters. The second-order valence-electron chi connectivity index (χ2n) is 7.13. The SMILES string of the molecule is C=CC(=O)OCCOC(=O)NCC1CCCCC1CNC(=O)OCCOC(=O)C(=C)C. The largest absolute Gasteiger partial charge is 0.459 e. The molecule has 1 aliphatic carbocycles. The Labute approximate surface area is 182 Å². The molecule has 1 aliphatic rings. The Morgan fingerprint density at radius 3 is 1.74 bits per heavy atom. The van der Waals surface area contributed by atoms with Crippen LogP contribution in [0.2, 0.25) is 0 Å². The molecule has 174 valence electrons. The van der Waals surface area contributed by atoms with Gasteiger partial charge in [0.25, 0.3) is 0 Å². The summed E-state index contributed by atoms with van der Waals surface area (Å²) in [7, 11) is 0. The summed E-state index contributed by atoms with van der Waals surface area (Å²) in [4.78, 5) is 45.8. The molecule has 0 heterocycles. The van der Waals surface area contributed by atoms with Gasteiger partial charge in [-0.05, 0) is 31.6 Å². The maximum atomic E-state index is 11.8. The van der Waals surface area contributed by atoms with Crippen molar-refractivity contribution >= 4 is 24.1 Å². The van der Waals surface area contributed by atoms with Crippen molar-refractivity contribution in [3.63, 3.8) is 0 Å². The van der Waals surface area contributed by atoms with Crippen molar-refractivity contribution in [2.24, 2.45) is 11.8 Å². The number of ether oxygens (including phenoxy) is 4. The van der Waals surface area contributed by atoms with Crippen molar-refractivity contribution in [2.45, 2.75) is 32.6 Å². The summed E-state index contributed by atoms with van der Waals surface area (Å²) in [6.07, 6.45) is 3.81. The first-order chi connectivity index (χ1) is 14.8. The standard InChI is InChI=1S/C21H32N2O8/c1-4-18(24)28-9-11-30-20(26)22-13-16-7-5-6-8-17(16)14-23-21(27)31-12-10-29-19(25)15(2)3/h4,16-17H,1-2,5-14H2,3H3,(H,22,26)(H,23,27). The zero-order chi connectivity index (χ0) is 23.1. The number of amides is 2. The van der Waals surface area contributed by atoms with Crippen LogP contribution in [0, 0.1) is 11.8 Å². The van der Waals surface area contributed by atoms with Crippen LogP contribution in [0.4, 0.5) is 9.59 Å². The van der Waals surface area contributed by atoms with Gasteiger partial charge in [0, 0.05) is 24.7 Å². The smallest absolute Gasteiger partial charge is 0.407 e. The summed E-state index contributed by atoms with van der Waals surface area (Å²) in [6, 6.07) is 0. The van der Waals surface area contributed by atoms with Crippen LogP contribution in [-0.4, -0.2) is 63.6 Å². The van der Waals surface area contributed by atoms with Crippen molar-refractivity contribution < 1.29 is 38.1 Å². The summed E-state index contributed by atoms with van der Waals surface area (Å²) >= 11 is 0. The highest BCUT2D eigenvalue weighted by atomic mass is 16.6. The highest BCUT2D eigenvalue weighted by Gasteiger charge is 2.26. The molecular weight excluding hydrogens is 408 g/mol. The molecule has 1 fully saturated rings. The second-order valence-corrected chi connectivity index (χ2v) is 7.13. The lowest BCUT2D eigenvalue weighted by Gasteiger charge is -2.31. The van der Waals surface area contributed by atoms with Crippen LogP contribution in [0.25, 0.3) is 0 Å². The number of alkyl carbamates (subject to hydrolysis) is 2. The van der Waals surface area contributed by atoms with Crippen LogP contribution in [0.15, 0.2) is 24.8 Å². The fourth-order valence-electron chi connectivity index (χ4n) is 3.08. The maximum Gasteiger partial charge on any atom is 0.407 e. The van der Waals surface area contributed by atoms with Gasteiger partial charge in [-0.3, -0.25) is 0 Å². The third-order valence-corrected chi connectivity index (χ3v) is 4.71. The Kier molecular flexibility index (Phi) is 12.5. The van der Waals surface area contributed by atoms with E-state index in [1.165, 1.54) is 6.92 Å². The molecule has 2 N–H and O–H groups in total. The van der Waals surface area contributed by atoms with Crippen LogP contribution in [-0.2, 0) is 28.5 Å². The first kappa shape index (κ1) is 26.0. The van der Waals surface area contributed by atoms with Gasteiger partial charge in [-0.2, -0.15) is 0 Å². The maximum absolute atomic E-state index is 11.8. The second kappa shape index (κ2) is 14.9. The minimum atomic E-state index is -0.587. The lowest BCUT2D eigenvalue weighted by molar-refractivity contribution is -0.140. The number of nitrogens with one attached hydrogen (secondary N) is 2.